The van der Waals surface area contributed by atoms with E-state index in [4.69, 9.17) is 23.2 Å². The summed E-state index contributed by atoms with van der Waals surface area (Å²) in [5, 5.41) is -0.342. The number of carbonyl (C=O) groups excluding carboxylic acids is 1. The van der Waals surface area contributed by atoms with Gasteiger partial charge in [0.2, 0.25) is 0 Å². The van der Waals surface area contributed by atoms with Gasteiger partial charge in [0.25, 0.3) is 0 Å². The second kappa shape index (κ2) is 6.20. The predicted molar refractivity (Wildman–Crippen MR) is 83.5 cm³/mol. The summed E-state index contributed by atoms with van der Waals surface area (Å²) in [6.07, 6.45) is 0. The molecule has 5 heteroatoms. The predicted octanol–water partition coefficient (Wildman–Crippen LogP) is 5.25. The first-order valence-corrected chi connectivity index (χ1v) is 7.27. The van der Waals surface area contributed by atoms with Crippen molar-refractivity contribution in [3.05, 3.63) is 68.0 Å². The minimum atomic E-state index is -0.850. The monoisotopic (exact) mass is 408 g/mol. The van der Waals surface area contributed by atoms with Crippen LogP contribution in [0, 0.1) is 9.39 Å². The van der Waals surface area contributed by atoms with Crippen molar-refractivity contribution in [2.75, 3.05) is 0 Å². The molecule has 19 heavy (non-hydrogen) atoms. The third kappa shape index (κ3) is 3.46. The molecule has 0 N–H and O–H groups in total. The third-order valence-electron chi connectivity index (χ3n) is 2.60. The molecule has 0 heterocycles. The van der Waals surface area contributed by atoms with Crippen LogP contribution in [0.4, 0.5) is 4.39 Å². The number of benzene rings is 2. The zero-order valence-electron chi connectivity index (χ0n) is 9.54. The largest absolute Gasteiger partial charge is 0.292 e. The number of rotatable bonds is 3. The molecule has 0 saturated heterocycles. The normalized spacial score (nSPS) is 12.2. The average molecular weight is 409 g/mol. The van der Waals surface area contributed by atoms with E-state index in [2.05, 4.69) is 22.6 Å². The number of hydrogen-bond donors (Lipinski definition) is 0. The molecule has 2 aromatic carbocycles. The molecule has 0 aromatic heterocycles. The molecule has 0 bridgehead atoms. The van der Waals surface area contributed by atoms with Crippen LogP contribution in [0.3, 0.4) is 0 Å². The number of hydrogen-bond acceptors (Lipinski definition) is 1. The van der Waals surface area contributed by atoms with Gasteiger partial charge in [0.05, 0.1) is 5.02 Å². The zero-order chi connectivity index (χ0) is 14.0. The quantitative estimate of drug-likeness (QED) is 0.385. The van der Waals surface area contributed by atoms with E-state index in [1.807, 2.05) is 0 Å². The second-order valence-electron chi connectivity index (χ2n) is 3.91. The third-order valence-corrected chi connectivity index (χ3v) is 4.62. The molecule has 1 unspecified atom stereocenters. The maximum Gasteiger partial charge on any atom is 0.185 e. The number of alkyl halides is 1. The number of halogens is 4. The van der Waals surface area contributed by atoms with Crippen LogP contribution in [0.15, 0.2) is 42.5 Å². The Morgan fingerprint density at radius 2 is 1.79 bits per heavy atom. The molecule has 0 aliphatic heterocycles. The minimum absolute atomic E-state index is 0.258. The first-order chi connectivity index (χ1) is 8.99. The van der Waals surface area contributed by atoms with Crippen molar-refractivity contribution in [3.8, 4) is 0 Å². The molecular weight excluding hydrogens is 401 g/mol. The molecule has 1 atom stereocenters. The van der Waals surface area contributed by atoms with Crippen LogP contribution in [0.1, 0.15) is 21.3 Å². The van der Waals surface area contributed by atoms with Gasteiger partial charge in [0.1, 0.15) is 11.2 Å². The summed E-state index contributed by atoms with van der Waals surface area (Å²) >= 11 is 14.2. The molecule has 0 radical (unpaired) electrons. The summed E-state index contributed by atoms with van der Waals surface area (Å²) in [5.41, 5.74) is 0.998. The van der Waals surface area contributed by atoms with Crippen LogP contribution in [-0.4, -0.2) is 5.78 Å². The topological polar surface area (TPSA) is 17.1 Å². The fraction of sp³-hybridized carbons (Fsp3) is 0.0714. The highest BCUT2D eigenvalue weighted by molar-refractivity contribution is 14.1. The fourth-order valence-corrected chi connectivity index (χ4v) is 2.37. The van der Waals surface area contributed by atoms with Crippen molar-refractivity contribution >= 4 is 51.6 Å². The van der Waals surface area contributed by atoms with E-state index in [-0.39, 0.29) is 11.6 Å². The van der Waals surface area contributed by atoms with Gasteiger partial charge in [0.15, 0.2) is 5.78 Å². The van der Waals surface area contributed by atoms with E-state index in [1.54, 1.807) is 18.2 Å². The van der Waals surface area contributed by atoms with Crippen LogP contribution in [0.5, 0.6) is 0 Å². The van der Waals surface area contributed by atoms with E-state index in [9.17, 15) is 9.18 Å². The molecule has 0 amide bonds. The Kier molecular flexibility index (Phi) is 4.81. The van der Waals surface area contributed by atoms with Crippen molar-refractivity contribution in [1.82, 2.24) is 0 Å². The lowest BCUT2D eigenvalue weighted by Crippen LogP contribution is -2.07. The highest BCUT2D eigenvalue weighted by Crippen LogP contribution is 2.27. The van der Waals surface area contributed by atoms with Crippen molar-refractivity contribution in [1.29, 1.82) is 0 Å². The zero-order valence-corrected chi connectivity index (χ0v) is 13.2. The summed E-state index contributed by atoms with van der Waals surface area (Å²) in [6.45, 7) is 0. The molecule has 2 rings (SSSR count). The summed E-state index contributed by atoms with van der Waals surface area (Å²) in [7, 11) is 0. The van der Waals surface area contributed by atoms with Crippen molar-refractivity contribution in [3.63, 3.8) is 0 Å². The molecule has 0 saturated carbocycles. The van der Waals surface area contributed by atoms with Gasteiger partial charge in [-0.1, -0.05) is 29.8 Å². The lowest BCUT2D eigenvalue weighted by atomic mass is 10.0. The summed E-state index contributed by atoms with van der Waals surface area (Å²) < 4.78 is 13.7. The Hall–Kier alpha value is -0.650. The highest BCUT2D eigenvalue weighted by Gasteiger charge is 2.20. The molecule has 1 nitrogen and oxygen atoms in total. The van der Waals surface area contributed by atoms with Crippen LogP contribution in [-0.2, 0) is 0 Å². The van der Waals surface area contributed by atoms with Crippen molar-refractivity contribution in [2.45, 2.75) is 5.38 Å². The van der Waals surface area contributed by atoms with Gasteiger partial charge in [-0.15, -0.1) is 11.6 Å². The van der Waals surface area contributed by atoms with E-state index in [0.29, 0.717) is 16.1 Å². The van der Waals surface area contributed by atoms with Gasteiger partial charge in [-0.3, -0.25) is 4.79 Å². The molecule has 0 aliphatic carbocycles. The summed E-state index contributed by atoms with van der Waals surface area (Å²) in [4.78, 5) is 12.2. The van der Waals surface area contributed by atoms with Crippen LogP contribution in [0.25, 0.3) is 0 Å². The summed E-state index contributed by atoms with van der Waals surface area (Å²) in [5.74, 6) is -0.621. The highest BCUT2D eigenvalue weighted by atomic mass is 127. The van der Waals surface area contributed by atoms with Gasteiger partial charge in [0, 0.05) is 9.13 Å². The molecule has 0 spiro atoms. The fourth-order valence-electron chi connectivity index (χ4n) is 1.58. The standard InChI is InChI=1S/C14H8Cl2FIO/c15-11-7-9(3-6-12(11)18)14(19)13(16)8-1-4-10(17)5-2-8/h1-7,13H. The molecule has 0 aliphatic rings. The Morgan fingerprint density at radius 1 is 1.16 bits per heavy atom. The maximum absolute atomic E-state index is 12.8. The Morgan fingerprint density at radius 3 is 2.37 bits per heavy atom. The first-order valence-electron chi connectivity index (χ1n) is 5.38. The van der Waals surface area contributed by atoms with E-state index >= 15 is 0 Å². The number of ketones is 1. The van der Waals surface area contributed by atoms with Crippen molar-refractivity contribution < 1.29 is 9.18 Å². The van der Waals surface area contributed by atoms with Crippen molar-refractivity contribution in [2.24, 2.45) is 0 Å². The number of carbonyl (C=O) groups is 1. The second-order valence-corrected chi connectivity index (χ2v) is 5.91. The first kappa shape index (κ1) is 14.8. The molecule has 98 valence electrons. The summed E-state index contributed by atoms with van der Waals surface area (Å²) in [6, 6.07) is 10.6. The average Bonchev–Trinajstić information content (AvgIpc) is 2.41. The molecule has 2 aromatic rings. The van der Waals surface area contributed by atoms with Gasteiger partial charge < -0.3 is 0 Å². The van der Waals surface area contributed by atoms with E-state index in [0.717, 1.165) is 3.57 Å². The minimum Gasteiger partial charge on any atom is -0.292 e. The van der Waals surface area contributed by atoms with Gasteiger partial charge in [-0.25, -0.2) is 4.39 Å². The Labute approximate surface area is 133 Å². The van der Waals surface area contributed by atoms with Gasteiger partial charge in [-0.2, -0.15) is 0 Å². The van der Waals surface area contributed by atoms with Gasteiger partial charge in [-0.05, 0) is 52.4 Å². The van der Waals surface area contributed by atoms with Crippen LogP contribution < -0.4 is 0 Å². The van der Waals surface area contributed by atoms with Gasteiger partial charge >= 0.3 is 0 Å². The SMILES string of the molecule is O=C(c1ccc(I)c(Cl)c1)C(Cl)c1ccc(F)cc1. The van der Waals surface area contributed by atoms with E-state index in [1.165, 1.54) is 24.3 Å². The molecular formula is C14H8Cl2FIO. The molecule has 0 fully saturated rings. The maximum atomic E-state index is 12.8. The Balaban J connectivity index is 2.28. The van der Waals surface area contributed by atoms with E-state index < -0.39 is 5.38 Å². The lowest BCUT2D eigenvalue weighted by molar-refractivity contribution is 0.0987. The smallest absolute Gasteiger partial charge is 0.185 e. The lowest BCUT2D eigenvalue weighted by Gasteiger charge is -2.09. The number of Topliss-reactive ketones (excluding diaryl/α,β-unsaturated/α-hetero) is 1. The van der Waals surface area contributed by atoms with Crippen LogP contribution >= 0.6 is 45.8 Å². The Bertz CT molecular complexity index is 613. The van der Waals surface area contributed by atoms with Crippen LogP contribution in [0.2, 0.25) is 5.02 Å².